The lowest BCUT2D eigenvalue weighted by Crippen LogP contribution is -2.30. The summed E-state index contributed by atoms with van der Waals surface area (Å²) < 4.78 is 17.0. The molecule has 1 atom stereocenters. The van der Waals surface area contributed by atoms with Gasteiger partial charge in [-0.05, 0) is 109 Å². The number of unbranched alkanes of at least 4 members (excludes halogenated alkanes) is 31. The van der Waals surface area contributed by atoms with Gasteiger partial charge in [0.2, 0.25) is 0 Å². The summed E-state index contributed by atoms with van der Waals surface area (Å²) in [5.41, 5.74) is 0. The average molecular weight is 1140 g/mol. The van der Waals surface area contributed by atoms with Crippen LogP contribution < -0.4 is 0 Å². The Hall–Kier alpha value is -4.19. The summed E-state index contributed by atoms with van der Waals surface area (Å²) in [6, 6.07) is 0. The van der Waals surface area contributed by atoms with Crippen LogP contribution in [0.3, 0.4) is 0 Å². The van der Waals surface area contributed by atoms with Crippen molar-refractivity contribution in [1.29, 1.82) is 0 Å². The molecule has 468 valence electrons. The Morgan fingerprint density at radius 3 is 0.744 bits per heavy atom. The van der Waals surface area contributed by atoms with E-state index in [9.17, 15) is 14.4 Å². The largest absolute Gasteiger partial charge is 0.462 e. The molecule has 0 fully saturated rings. The summed E-state index contributed by atoms with van der Waals surface area (Å²) in [6.07, 6.45) is 96.3. The minimum atomic E-state index is -0.787. The Kier molecular flexibility index (Phi) is 65.8. The van der Waals surface area contributed by atoms with Crippen LogP contribution in [0.1, 0.15) is 323 Å². The van der Waals surface area contributed by atoms with E-state index in [-0.39, 0.29) is 31.1 Å². The fourth-order valence-corrected chi connectivity index (χ4v) is 9.62. The van der Waals surface area contributed by atoms with Crippen molar-refractivity contribution in [3.63, 3.8) is 0 Å². The van der Waals surface area contributed by atoms with Gasteiger partial charge in [0.25, 0.3) is 0 Å². The van der Waals surface area contributed by atoms with Crippen LogP contribution in [0.2, 0.25) is 0 Å². The molecule has 0 amide bonds. The van der Waals surface area contributed by atoms with Crippen molar-refractivity contribution >= 4 is 17.9 Å². The first kappa shape index (κ1) is 77.8. The van der Waals surface area contributed by atoms with E-state index in [4.69, 9.17) is 14.2 Å². The Bertz CT molecular complexity index is 1690. The number of carbonyl (C=O) groups excluding carboxylic acids is 3. The van der Waals surface area contributed by atoms with E-state index in [0.717, 1.165) is 135 Å². The van der Waals surface area contributed by atoms with E-state index < -0.39 is 6.10 Å². The van der Waals surface area contributed by atoms with Crippen molar-refractivity contribution in [2.45, 2.75) is 329 Å². The molecule has 82 heavy (non-hydrogen) atoms. The summed E-state index contributed by atoms with van der Waals surface area (Å²) in [7, 11) is 0. The molecule has 0 heterocycles. The van der Waals surface area contributed by atoms with Crippen LogP contribution in [0.25, 0.3) is 0 Å². The molecule has 0 spiro atoms. The number of hydrogen-bond donors (Lipinski definition) is 0. The van der Waals surface area contributed by atoms with Crippen LogP contribution in [0.15, 0.2) is 122 Å². The van der Waals surface area contributed by atoms with Crippen molar-refractivity contribution in [2.75, 3.05) is 13.2 Å². The second-order valence-electron chi connectivity index (χ2n) is 22.7. The number of esters is 3. The van der Waals surface area contributed by atoms with Crippen molar-refractivity contribution < 1.29 is 28.6 Å². The third kappa shape index (κ3) is 66.6. The zero-order valence-electron chi connectivity index (χ0n) is 53.7. The molecule has 6 nitrogen and oxygen atoms in total. The van der Waals surface area contributed by atoms with Crippen molar-refractivity contribution in [3.05, 3.63) is 122 Å². The molecule has 0 rings (SSSR count). The standard InChI is InChI=1S/C76H128O6/c1-4-7-10-13-16-19-22-25-28-30-32-34-36-38-40-42-44-46-48-51-54-57-60-63-66-69-75(78)81-72-73(71-80-74(77)68-65-62-59-56-53-50-27-24-21-18-15-12-9-6-3)82-76(79)70-67-64-61-58-55-52-49-47-45-43-41-39-37-35-33-31-29-26-23-20-17-14-11-8-5-2/h7-8,10-11,16-17,19-20,25-26,28-29,32-35,38-41,73H,4-6,9,12-15,18,21-24,27,30-31,36-37,42-72H2,1-3H3/b10-7-,11-8-,19-16-,20-17-,28-25-,29-26-,34-32-,35-33-,40-38-,41-39-. The van der Waals surface area contributed by atoms with Gasteiger partial charge in [0.05, 0.1) is 0 Å². The van der Waals surface area contributed by atoms with E-state index in [1.165, 1.54) is 148 Å². The van der Waals surface area contributed by atoms with Gasteiger partial charge in [-0.1, -0.05) is 316 Å². The first-order valence-electron chi connectivity index (χ1n) is 34.5. The highest BCUT2D eigenvalue weighted by molar-refractivity contribution is 5.71. The average Bonchev–Trinajstić information content (AvgIpc) is 3.47. The lowest BCUT2D eigenvalue weighted by molar-refractivity contribution is -0.167. The fraction of sp³-hybridized carbons (Fsp3) is 0.697. The lowest BCUT2D eigenvalue weighted by Gasteiger charge is -2.18. The minimum absolute atomic E-state index is 0.0812. The highest BCUT2D eigenvalue weighted by Gasteiger charge is 2.19. The van der Waals surface area contributed by atoms with E-state index in [0.29, 0.717) is 19.3 Å². The van der Waals surface area contributed by atoms with Crippen molar-refractivity contribution in [2.24, 2.45) is 0 Å². The van der Waals surface area contributed by atoms with Gasteiger partial charge in [0, 0.05) is 19.3 Å². The molecule has 0 radical (unpaired) electrons. The van der Waals surface area contributed by atoms with Gasteiger partial charge < -0.3 is 14.2 Å². The normalized spacial score (nSPS) is 12.9. The minimum Gasteiger partial charge on any atom is -0.462 e. The maximum atomic E-state index is 13.0. The van der Waals surface area contributed by atoms with Gasteiger partial charge in [-0.25, -0.2) is 0 Å². The smallest absolute Gasteiger partial charge is 0.306 e. The molecular formula is C76H128O6. The zero-order chi connectivity index (χ0) is 59.2. The monoisotopic (exact) mass is 1140 g/mol. The molecule has 0 aromatic rings. The molecule has 1 unspecified atom stereocenters. The Morgan fingerprint density at radius 2 is 0.476 bits per heavy atom. The summed E-state index contributed by atoms with van der Waals surface area (Å²) in [5.74, 6) is -0.882. The summed E-state index contributed by atoms with van der Waals surface area (Å²) in [6.45, 7) is 6.44. The summed E-state index contributed by atoms with van der Waals surface area (Å²) in [5, 5.41) is 0. The molecule has 0 aromatic carbocycles. The summed E-state index contributed by atoms with van der Waals surface area (Å²) >= 11 is 0. The number of rotatable bonds is 62. The summed E-state index contributed by atoms with van der Waals surface area (Å²) in [4.78, 5) is 38.5. The highest BCUT2D eigenvalue weighted by Crippen LogP contribution is 2.17. The quantitative estimate of drug-likeness (QED) is 0.0261. The molecule has 0 bridgehead atoms. The zero-order valence-corrected chi connectivity index (χ0v) is 53.7. The lowest BCUT2D eigenvalue weighted by atomic mass is 10.0. The number of allylic oxidation sites excluding steroid dienone is 20. The predicted octanol–water partition coefficient (Wildman–Crippen LogP) is 23.9. The van der Waals surface area contributed by atoms with Gasteiger partial charge in [0.1, 0.15) is 13.2 Å². The predicted molar refractivity (Wildman–Crippen MR) is 357 cm³/mol. The van der Waals surface area contributed by atoms with Crippen LogP contribution in [0, 0.1) is 0 Å². The number of ether oxygens (including phenoxy) is 3. The third-order valence-corrected chi connectivity index (χ3v) is 14.7. The SMILES string of the molecule is CC/C=C\C/C=C\C/C=C\C/C=C\C/C=C\CCCCCCCCCCCC(=O)OCC(COC(=O)CCCCCCCCCCCCCCCC)OC(=O)CCCCCCCCCCC/C=C\C/C=C\C/C=C\C/C=C\C/C=C\CC. The number of hydrogen-bond acceptors (Lipinski definition) is 6. The molecular weight excluding hydrogens is 1010 g/mol. The third-order valence-electron chi connectivity index (χ3n) is 14.7. The van der Waals surface area contributed by atoms with Gasteiger partial charge in [-0.3, -0.25) is 14.4 Å². The van der Waals surface area contributed by atoms with Gasteiger partial charge in [-0.15, -0.1) is 0 Å². The molecule has 0 saturated heterocycles. The molecule has 0 saturated carbocycles. The second-order valence-corrected chi connectivity index (χ2v) is 22.7. The fourth-order valence-electron chi connectivity index (χ4n) is 9.62. The van der Waals surface area contributed by atoms with Crippen LogP contribution >= 0.6 is 0 Å². The Labute approximate surface area is 507 Å². The van der Waals surface area contributed by atoms with Gasteiger partial charge in [0.15, 0.2) is 6.10 Å². The first-order valence-corrected chi connectivity index (χ1v) is 34.5. The maximum absolute atomic E-state index is 13.0. The van der Waals surface area contributed by atoms with Crippen LogP contribution in [0.4, 0.5) is 0 Å². The van der Waals surface area contributed by atoms with E-state index >= 15 is 0 Å². The molecule has 0 aliphatic heterocycles. The molecule has 0 aliphatic carbocycles. The van der Waals surface area contributed by atoms with Crippen LogP contribution in [-0.4, -0.2) is 37.2 Å². The topological polar surface area (TPSA) is 78.9 Å². The molecule has 0 N–H and O–H groups in total. The van der Waals surface area contributed by atoms with Crippen LogP contribution in [0.5, 0.6) is 0 Å². The Morgan fingerprint density at radius 1 is 0.256 bits per heavy atom. The second kappa shape index (κ2) is 69.3. The highest BCUT2D eigenvalue weighted by atomic mass is 16.6. The Balaban J connectivity index is 4.36. The maximum Gasteiger partial charge on any atom is 0.306 e. The van der Waals surface area contributed by atoms with E-state index in [1.54, 1.807) is 0 Å². The van der Waals surface area contributed by atoms with Crippen molar-refractivity contribution in [1.82, 2.24) is 0 Å². The molecule has 0 aliphatic rings. The molecule has 6 heteroatoms. The van der Waals surface area contributed by atoms with Crippen LogP contribution in [-0.2, 0) is 28.6 Å². The first-order chi connectivity index (χ1) is 40.5. The van der Waals surface area contributed by atoms with E-state index in [2.05, 4.69) is 142 Å². The van der Waals surface area contributed by atoms with Gasteiger partial charge >= 0.3 is 17.9 Å². The molecule has 0 aromatic heterocycles. The van der Waals surface area contributed by atoms with E-state index in [1.807, 2.05) is 0 Å². The van der Waals surface area contributed by atoms with Gasteiger partial charge in [-0.2, -0.15) is 0 Å². The number of carbonyl (C=O) groups is 3. The van der Waals surface area contributed by atoms with Crippen molar-refractivity contribution in [3.8, 4) is 0 Å².